The summed E-state index contributed by atoms with van der Waals surface area (Å²) in [5.74, 6) is -0.494. The summed E-state index contributed by atoms with van der Waals surface area (Å²) in [6.07, 6.45) is 5.35. The monoisotopic (exact) mass is 290 g/mol. The minimum atomic E-state index is -0.304. The number of carbonyl (C=O) groups excluding carboxylic acids is 2. The first-order chi connectivity index (χ1) is 9.88. The molecule has 0 amide bonds. The average molecular weight is 290 g/mol. The molecule has 2 rings (SSSR count). The van der Waals surface area contributed by atoms with Crippen LogP contribution in [0.3, 0.4) is 0 Å². The van der Waals surface area contributed by atoms with Crippen LogP contribution in [0.2, 0.25) is 0 Å². The third-order valence-electron chi connectivity index (χ3n) is 4.09. The summed E-state index contributed by atoms with van der Waals surface area (Å²) in [5.41, 5.74) is 2.68. The fourth-order valence-electron chi connectivity index (χ4n) is 2.81. The van der Waals surface area contributed by atoms with Crippen LogP contribution in [0, 0.1) is 5.92 Å². The van der Waals surface area contributed by atoms with Crippen LogP contribution in [-0.4, -0.2) is 24.1 Å². The number of fused-ring (bicyclic) bond motifs is 1. The number of esters is 2. The summed E-state index contributed by atoms with van der Waals surface area (Å²) in [6, 6.07) is 0. The molecule has 0 aromatic rings. The van der Waals surface area contributed by atoms with E-state index in [0.29, 0.717) is 18.4 Å². The maximum Gasteiger partial charge on any atom is 0.334 e. The van der Waals surface area contributed by atoms with Gasteiger partial charge in [-0.15, -0.1) is 0 Å². The lowest BCUT2D eigenvalue weighted by molar-refractivity contribution is -0.144. The predicted octanol–water partition coefficient (Wildman–Crippen LogP) is 3.09. The van der Waals surface area contributed by atoms with E-state index in [1.165, 1.54) is 6.92 Å². The van der Waals surface area contributed by atoms with E-state index in [9.17, 15) is 9.59 Å². The number of allylic oxidation sites excluding steroid dienone is 1. The lowest BCUT2D eigenvalue weighted by Crippen LogP contribution is -2.21. The highest BCUT2D eigenvalue weighted by atomic mass is 16.6. The van der Waals surface area contributed by atoms with Crippen LogP contribution in [0.25, 0.3) is 0 Å². The molecule has 4 heteroatoms. The number of hydrogen-bond acceptors (Lipinski definition) is 4. The molecule has 114 valence electrons. The second-order valence-electron chi connectivity index (χ2n) is 5.84. The zero-order valence-corrected chi connectivity index (χ0v) is 12.8. The van der Waals surface area contributed by atoms with Gasteiger partial charge in [-0.1, -0.05) is 18.2 Å². The van der Waals surface area contributed by atoms with Crippen molar-refractivity contribution >= 4 is 11.9 Å². The van der Waals surface area contributed by atoms with Crippen molar-refractivity contribution in [3.8, 4) is 0 Å². The van der Waals surface area contributed by atoms with Gasteiger partial charge in [0.1, 0.15) is 12.2 Å². The van der Waals surface area contributed by atoms with Gasteiger partial charge >= 0.3 is 11.9 Å². The molecule has 0 unspecified atom stereocenters. The number of carbonyl (C=O) groups is 2. The smallest absolute Gasteiger partial charge is 0.334 e. The van der Waals surface area contributed by atoms with Gasteiger partial charge in [0.15, 0.2) is 0 Å². The van der Waals surface area contributed by atoms with Crippen LogP contribution in [0.4, 0.5) is 0 Å². The molecule has 21 heavy (non-hydrogen) atoms. The standard InChI is InChI=1S/C17H22O4/c1-10(2)14-7-5-11(3)15(20-12(4)18)8-6-13-9-16(14)21-17(13)19/h5,9,14-16H,1,6-8H2,2-4H3/b11-5+/t14-,15+,16-/m0/s1. The van der Waals surface area contributed by atoms with E-state index in [1.54, 1.807) is 0 Å². The Bertz CT molecular complexity index is 527. The molecule has 0 saturated carbocycles. The van der Waals surface area contributed by atoms with E-state index in [-0.39, 0.29) is 30.1 Å². The van der Waals surface area contributed by atoms with Crippen LogP contribution in [0.1, 0.15) is 40.0 Å². The van der Waals surface area contributed by atoms with Gasteiger partial charge in [0, 0.05) is 18.4 Å². The molecule has 1 aliphatic carbocycles. The minimum absolute atomic E-state index is 0.0671. The van der Waals surface area contributed by atoms with Gasteiger partial charge in [-0.3, -0.25) is 4.79 Å². The van der Waals surface area contributed by atoms with Gasteiger partial charge in [-0.2, -0.15) is 0 Å². The van der Waals surface area contributed by atoms with Crippen molar-refractivity contribution in [1.82, 2.24) is 0 Å². The van der Waals surface area contributed by atoms with Crippen LogP contribution in [-0.2, 0) is 19.1 Å². The van der Waals surface area contributed by atoms with Crippen LogP contribution in [0.15, 0.2) is 35.5 Å². The SMILES string of the molecule is C=C(C)[C@@H]1C/C=C(\C)[C@H](OC(C)=O)CCC2=C[C@@H]1OC2=O. The molecule has 2 aliphatic rings. The van der Waals surface area contributed by atoms with Gasteiger partial charge in [0.05, 0.1) is 0 Å². The second kappa shape index (κ2) is 6.29. The lowest BCUT2D eigenvalue weighted by Gasteiger charge is -2.22. The average Bonchev–Trinajstić information content (AvgIpc) is 2.73. The predicted molar refractivity (Wildman–Crippen MR) is 79.4 cm³/mol. The fraction of sp³-hybridized carbons (Fsp3) is 0.529. The first-order valence-electron chi connectivity index (χ1n) is 7.29. The van der Waals surface area contributed by atoms with Crippen LogP contribution in [0.5, 0.6) is 0 Å². The molecule has 2 bridgehead atoms. The quantitative estimate of drug-likeness (QED) is 0.579. The van der Waals surface area contributed by atoms with Crippen LogP contribution < -0.4 is 0 Å². The van der Waals surface area contributed by atoms with E-state index in [0.717, 1.165) is 17.6 Å². The Balaban J connectivity index is 2.27. The highest BCUT2D eigenvalue weighted by molar-refractivity contribution is 5.91. The van der Waals surface area contributed by atoms with E-state index in [2.05, 4.69) is 12.7 Å². The van der Waals surface area contributed by atoms with Gasteiger partial charge in [-0.25, -0.2) is 4.79 Å². The first-order valence-corrected chi connectivity index (χ1v) is 7.29. The van der Waals surface area contributed by atoms with Crippen molar-refractivity contribution in [2.45, 2.75) is 52.2 Å². The van der Waals surface area contributed by atoms with Gasteiger partial charge < -0.3 is 9.47 Å². The van der Waals surface area contributed by atoms with Crippen molar-refractivity contribution in [3.05, 3.63) is 35.5 Å². The number of hydrogen-bond donors (Lipinski definition) is 0. The zero-order valence-electron chi connectivity index (χ0n) is 12.8. The Labute approximate surface area is 125 Å². The van der Waals surface area contributed by atoms with Crippen LogP contribution >= 0.6 is 0 Å². The van der Waals surface area contributed by atoms with E-state index < -0.39 is 0 Å². The zero-order chi connectivity index (χ0) is 15.6. The Morgan fingerprint density at radius 3 is 2.76 bits per heavy atom. The maximum absolute atomic E-state index is 11.9. The van der Waals surface area contributed by atoms with E-state index in [4.69, 9.17) is 9.47 Å². The molecule has 1 heterocycles. The van der Waals surface area contributed by atoms with Gasteiger partial charge in [-0.05, 0) is 44.8 Å². The molecular formula is C17H22O4. The summed E-state index contributed by atoms with van der Waals surface area (Å²) < 4.78 is 10.8. The molecule has 0 N–H and O–H groups in total. The first kappa shape index (κ1) is 15.5. The third kappa shape index (κ3) is 3.63. The Kier molecular flexibility index (Phi) is 4.66. The summed E-state index contributed by atoms with van der Waals surface area (Å²) in [5, 5.41) is 0. The number of rotatable bonds is 2. The van der Waals surface area contributed by atoms with Crippen molar-refractivity contribution in [2.24, 2.45) is 5.92 Å². The molecule has 0 spiro atoms. The fourth-order valence-corrected chi connectivity index (χ4v) is 2.81. The normalized spacial score (nSPS) is 31.6. The Morgan fingerprint density at radius 1 is 1.43 bits per heavy atom. The summed E-state index contributed by atoms with van der Waals surface area (Å²) >= 11 is 0. The topological polar surface area (TPSA) is 52.6 Å². The van der Waals surface area contributed by atoms with E-state index >= 15 is 0 Å². The Morgan fingerprint density at radius 2 is 2.14 bits per heavy atom. The highest BCUT2D eigenvalue weighted by Crippen LogP contribution is 2.32. The van der Waals surface area contributed by atoms with E-state index in [1.807, 2.05) is 19.9 Å². The molecule has 0 aromatic heterocycles. The molecule has 0 fully saturated rings. The summed E-state index contributed by atoms with van der Waals surface area (Å²) in [7, 11) is 0. The molecular weight excluding hydrogens is 268 g/mol. The second-order valence-corrected chi connectivity index (χ2v) is 5.84. The van der Waals surface area contributed by atoms with Crippen molar-refractivity contribution in [3.63, 3.8) is 0 Å². The largest absolute Gasteiger partial charge is 0.458 e. The molecule has 1 aliphatic heterocycles. The van der Waals surface area contributed by atoms with Crippen molar-refractivity contribution < 1.29 is 19.1 Å². The highest BCUT2D eigenvalue weighted by Gasteiger charge is 2.33. The van der Waals surface area contributed by atoms with Gasteiger partial charge in [0.25, 0.3) is 0 Å². The molecule has 0 aromatic carbocycles. The lowest BCUT2D eigenvalue weighted by atomic mass is 9.88. The summed E-state index contributed by atoms with van der Waals surface area (Å²) in [4.78, 5) is 23.2. The third-order valence-corrected chi connectivity index (χ3v) is 4.09. The van der Waals surface area contributed by atoms with Gasteiger partial charge in [0.2, 0.25) is 0 Å². The summed E-state index contributed by atoms with van der Waals surface area (Å²) in [6.45, 7) is 9.32. The molecule has 3 atom stereocenters. The number of ether oxygens (including phenoxy) is 2. The maximum atomic E-state index is 11.9. The molecule has 0 radical (unpaired) electrons. The van der Waals surface area contributed by atoms with Crippen molar-refractivity contribution in [1.29, 1.82) is 0 Å². The minimum Gasteiger partial charge on any atom is -0.458 e. The Hall–Kier alpha value is -1.84. The molecule has 4 nitrogen and oxygen atoms in total. The molecule has 0 saturated heterocycles. The van der Waals surface area contributed by atoms with Crippen molar-refractivity contribution in [2.75, 3.05) is 0 Å².